The molecule has 28 heavy (non-hydrogen) atoms. The molecule has 1 heterocycles. The van der Waals surface area contributed by atoms with E-state index in [-0.39, 0.29) is 5.75 Å². The lowest BCUT2D eigenvalue weighted by atomic mass is 10.2. The van der Waals surface area contributed by atoms with E-state index in [1.165, 1.54) is 19.3 Å². The van der Waals surface area contributed by atoms with E-state index in [1.807, 2.05) is 36.4 Å². The van der Waals surface area contributed by atoms with E-state index in [2.05, 4.69) is 22.3 Å². The number of rotatable bonds is 7. The van der Waals surface area contributed by atoms with Crippen LogP contribution in [0.4, 0.5) is 0 Å². The molecule has 1 aromatic heterocycles. The summed E-state index contributed by atoms with van der Waals surface area (Å²) in [7, 11) is 1.66. The third-order valence-corrected chi connectivity index (χ3v) is 3.51. The van der Waals surface area contributed by atoms with Crippen molar-refractivity contribution in [3.8, 4) is 17.2 Å². The van der Waals surface area contributed by atoms with E-state index in [1.54, 1.807) is 43.8 Å². The monoisotopic (exact) mass is 383 g/mol. The van der Waals surface area contributed by atoms with Gasteiger partial charge in [-0.1, -0.05) is 56.5 Å². The second-order valence-electron chi connectivity index (χ2n) is 5.70. The van der Waals surface area contributed by atoms with Crippen LogP contribution in [0.15, 0.2) is 73.1 Å². The van der Waals surface area contributed by atoms with E-state index in [9.17, 15) is 5.11 Å². The number of hydrogen-bond donors (Lipinski definition) is 1. The molecule has 0 unspecified atom stereocenters. The Balaban J connectivity index is 0.000000234. The molecule has 1 N–H and O–H groups in total. The van der Waals surface area contributed by atoms with E-state index in [0.717, 1.165) is 12.2 Å². The molecule has 3 rings (SSSR count). The molecule has 2 aromatic carbocycles. The van der Waals surface area contributed by atoms with Gasteiger partial charge in [-0.2, -0.15) is 0 Å². The average molecular weight is 383 g/mol. The Morgan fingerprint density at radius 1 is 0.821 bits per heavy atom. The number of phenolic OH excluding ortho intramolecular Hbond substituents is 1. The normalized spacial score (nSPS) is 9.21. The molecular weight excluding hydrogens is 354 g/mol. The number of phenols is 1. The molecule has 0 aliphatic carbocycles. The number of nitrogens with zero attached hydrogens (tertiary/aromatic N) is 3. The zero-order valence-electron chi connectivity index (χ0n) is 16.6. The van der Waals surface area contributed by atoms with Crippen molar-refractivity contribution in [3.63, 3.8) is 0 Å². The van der Waals surface area contributed by atoms with Gasteiger partial charge in [0, 0.05) is 0 Å². The van der Waals surface area contributed by atoms with Crippen molar-refractivity contribution in [2.45, 2.75) is 32.6 Å². The number of unbranched alkanes of at least 4 members (excludes halogenated alkanes) is 3. The van der Waals surface area contributed by atoms with Gasteiger partial charge in [0.2, 0.25) is 0 Å². The maximum absolute atomic E-state index is 9.39. The van der Waals surface area contributed by atoms with Gasteiger partial charge in [0.05, 0.1) is 26.1 Å². The summed E-state index contributed by atoms with van der Waals surface area (Å²) < 4.78 is 10.3. The second kappa shape index (κ2) is 16.1. The summed E-state index contributed by atoms with van der Waals surface area (Å²) in [6.07, 6.45) is 7.90. The lowest BCUT2D eigenvalue weighted by molar-refractivity contribution is 0.289. The lowest BCUT2D eigenvalue weighted by Crippen LogP contribution is -1.97. The Morgan fingerprint density at radius 2 is 1.50 bits per heavy atom. The quantitative estimate of drug-likeness (QED) is 0.584. The van der Waals surface area contributed by atoms with Crippen LogP contribution >= 0.6 is 0 Å². The van der Waals surface area contributed by atoms with Gasteiger partial charge < -0.3 is 14.6 Å². The summed E-state index contributed by atoms with van der Waals surface area (Å²) in [6.45, 7) is 2.88. The van der Waals surface area contributed by atoms with Crippen molar-refractivity contribution in [2.24, 2.45) is 0 Å². The Kier molecular flexibility index (Phi) is 13.1. The number of hydrogen-bond acceptors (Lipinski definition) is 6. The van der Waals surface area contributed by atoms with Gasteiger partial charge >= 0.3 is 0 Å². The van der Waals surface area contributed by atoms with Gasteiger partial charge in [-0.05, 0) is 42.0 Å². The maximum atomic E-state index is 9.39. The SMILES string of the molecule is CCCCCCOc1ccccc1O.COc1ccccc1.c1cnnnc1. The first-order chi connectivity index (χ1) is 13.8. The molecule has 0 bridgehead atoms. The Bertz CT molecular complexity index is 686. The van der Waals surface area contributed by atoms with Crippen molar-refractivity contribution in [1.29, 1.82) is 0 Å². The highest BCUT2D eigenvalue weighted by atomic mass is 16.5. The molecule has 6 nitrogen and oxygen atoms in total. The van der Waals surface area contributed by atoms with Gasteiger partial charge in [-0.15, -0.1) is 10.2 Å². The third kappa shape index (κ3) is 11.5. The molecular formula is C22H29N3O3. The summed E-state index contributed by atoms with van der Waals surface area (Å²) in [4.78, 5) is 0. The van der Waals surface area contributed by atoms with E-state index in [0.29, 0.717) is 12.4 Å². The van der Waals surface area contributed by atoms with E-state index < -0.39 is 0 Å². The van der Waals surface area contributed by atoms with Crippen molar-refractivity contribution in [2.75, 3.05) is 13.7 Å². The highest BCUT2D eigenvalue weighted by Crippen LogP contribution is 2.24. The highest BCUT2D eigenvalue weighted by molar-refractivity contribution is 5.37. The molecule has 0 saturated heterocycles. The lowest BCUT2D eigenvalue weighted by Gasteiger charge is -2.06. The van der Waals surface area contributed by atoms with Crippen molar-refractivity contribution in [3.05, 3.63) is 73.1 Å². The Morgan fingerprint density at radius 3 is 2.00 bits per heavy atom. The summed E-state index contributed by atoms with van der Waals surface area (Å²) in [5.74, 6) is 1.72. The number of methoxy groups -OCH3 is 1. The largest absolute Gasteiger partial charge is 0.504 e. The van der Waals surface area contributed by atoms with Crippen LogP contribution in [0.25, 0.3) is 0 Å². The van der Waals surface area contributed by atoms with Crippen molar-refractivity contribution < 1.29 is 14.6 Å². The molecule has 0 radical (unpaired) electrons. The van der Waals surface area contributed by atoms with Crippen LogP contribution < -0.4 is 9.47 Å². The smallest absolute Gasteiger partial charge is 0.160 e. The first kappa shape index (κ1) is 22.9. The number of ether oxygens (including phenoxy) is 2. The minimum Gasteiger partial charge on any atom is -0.504 e. The van der Waals surface area contributed by atoms with Crippen LogP contribution in [0.1, 0.15) is 32.6 Å². The van der Waals surface area contributed by atoms with Crippen LogP contribution in [0, 0.1) is 0 Å². The molecule has 0 atom stereocenters. The second-order valence-corrected chi connectivity index (χ2v) is 5.70. The first-order valence-electron chi connectivity index (χ1n) is 9.36. The minimum absolute atomic E-state index is 0.225. The zero-order valence-corrected chi connectivity index (χ0v) is 16.6. The molecule has 0 saturated carbocycles. The van der Waals surface area contributed by atoms with Gasteiger partial charge in [0.15, 0.2) is 11.5 Å². The fraction of sp³-hybridized carbons (Fsp3) is 0.318. The number of para-hydroxylation sites is 3. The standard InChI is InChI=1S/C12H18O2.C7H8O.C3H3N3/c1-2-3-4-7-10-14-12-9-6-5-8-11(12)13;1-8-7-5-3-2-4-6-7;1-2-4-6-5-3-1/h5-6,8-9,13H,2-4,7,10H2,1H3;2-6H,1H3;1-3H. The molecule has 6 heteroatoms. The molecule has 0 fully saturated rings. The fourth-order valence-corrected chi connectivity index (χ4v) is 2.05. The van der Waals surface area contributed by atoms with Gasteiger partial charge in [0.1, 0.15) is 5.75 Å². The van der Waals surface area contributed by atoms with Crippen LogP contribution in [0.5, 0.6) is 17.2 Å². The molecule has 0 aliphatic heterocycles. The minimum atomic E-state index is 0.225. The van der Waals surface area contributed by atoms with Crippen LogP contribution in [0.2, 0.25) is 0 Å². The zero-order chi connectivity index (χ0) is 20.3. The molecule has 0 spiro atoms. The van der Waals surface area contributed by atoms with Gasteiger partial charge in [0.25, 0.3) is 0 Å². The number of benzene rings is 2. The topological polar surface area (TPSA) is 77.4 Å². The van der Waals surface area contributed by atoms with E-state index in [4.69, 9.17) is 9.47 Å². The maximum Gasteiger partial charge on any atom is 0.160 e. The summed E-state index contributed by atoms with van der Waals surface area (Å²) in [6, 6.07) is 18.5. The van der Waals surface area contributed by atoms with Gasteiger partial charge in [-0.25, -0.2) is 0 Å². The van der Waals surface area contributed by atoms with Crippen LogP contribution in [-0.4, -0.2) is 34.2 Å². The molecule has 0 amide bonds. The molecule has 150 valence electrons. The number of aromatic hydroxyl groups is 1. The molecule has 0 aliphatic rings. The van der Waals surface area contributed by atoms with Crippen LogP contribution in [-0.2, 0) is 0 Å². The van der Waals surface area contributed by atoms with Gasteiger partial charge in [-0.3, -0.25) is 0 Å². The summed E-state index contributed by atoms with van der Waals surface area (Å²) in [5.41, 5.74) is 0. The Hall–Kier alpha value is -3.15. The summed E-state index contributed by atoms with van der Waals surface area (Å²) >= 11 is 0. The highest BCUT2D eigenvalue weighted by Gasteiger charge is 1.98. The molecule has 3 aromatic rings. The number of aromatic nitrogens is 3. The average Bonchev–Trinajstić information content (AvgIpc) is 2.77. The van der Waals surface area contributed by atoms with Crippen molar-refractivity contribution >= 4 is 0 Å². The van der Waals surface area contributed by atoms with Crippen LogP contribution in [0.3, 0.4) is 0 Å². The van der Waals surface area contributed by atoms with E-state index >= 15 is 0 Å². The summed E-state index contributed by atoms with van der Waals surface area (Å²) in [5, 5.41) is 19.5. The third-order valence-electron chi connectivity index (χ3n) is 3.51. The predicted molar refractivity (Wildman–Crippen MR) is 111 cm³/mol. The van der Waals surface area contributed by atoms with Crippen molar-refractivity contribution in [1.82, 2.24) is 15.4 Å². The fourth-order valence-electron chi connectivity index (χ4n) is 2.05. The first-order valence-corrected chi connectivity index (χ1v) is 9.36. The Labute approximate surface area is 167 Å². The predicted octanol–water partition coefficient (Wildman–Crippen LogP) is 4.92.